The highest BCUT2D eigenvalue weighted by molar-refractivity contribution is 6.31. The maximum atomic E-state index is 14.2. The minimum atomic E-state index is -0.860. The monoisotopic (exact) mass is 385 g/mol. The highest BCUT2D eigenvalue weighted by atomic mass is 35.5. The lowest BCUT2D eigenvalue weighted by molar-refractivity contribution is -0.140. The molecule has 1 aromatic carbocycles. The molecule has 2 rings (SSSR count). The van der Waals surface area contributed by atoms with Gasteiger partial charge in [0.05, 0.1) is 6.54 Å². The maximum absolute atomic E-state index is 14.2. The molecule has 1 unspecified atom stereocenters. The van der Waals surface area contributed by atoms with Gasteiger partial charge in [-0.25, -0.2) is 4.39 Å². The van der Waals surface area contributed by atoms with Crippen LogP contribution in [0.2, 0.25) is 5.02 Å². The first-order valence-electron chi connectivity index (χ1n) is 8.61. The molecule has 1 amide bonds. The Balaban J connectivity index is 2.01. The van der Waals surface area contributed by atoms with E-state index in [9.17, 15) is 14.0 Å². The zero-order valence-electron chi connectivity index (χ0n) is 15.2. The zero-order chi connectivity index (χ0) is 19.4. The fourth-order valence-corrected chi connectivity index (χ4v) is 3.62. The largest absolute Gasteiger partial charge is 0.480 e. The number of carbonyl (C=O) groups excluding carboxylic acids is 1. The van der Waals surface area contributed by atoms with Crippen LogP contribution in [-0.4, -0.2) is 66.1 Å². The van der Waals surface area contributed by atoms with E-state index in [-0.39, 0.29) is 35.1 Å². The van der Waals surface area contributed by atoms with E-state index in [1.807, 2.05) is 11.8 Å². The molecule has 1 saturated carbocycles. The van der Waals surface area contributed by atoms with Gasteiger partial charge in [0.2, 0.25) is 5.91 Å². The molecule has 26 heavy (non-hydrogen) atoms. The van der Waals surface area contributed by atoms with Gasteiger partial charge in [-0.05, 0) is 45.6 Å². The molecule has 1 fully saturated rings. The van der Waals surface area contributed by atoms with E-state index >= 15 is 0 Å². The molecule has 0 radical (unpaired) electrons. The van der Waals surface area contributed by atoms with E-state index in [2.05, 4.69) is 5.32 Å². The second-order valence-corrected chi connectivity index (χ2v) is 7.20. The Hall–Kier alpha value is -1.70. The number of nitrogens with zero attached hydrogens (tertiary/aromatic N) is 2. The van der Waals surface area contributed by atoms with Gasteiger partial charge >= 0.3 is 5.97 Å². The highest BCUT2D eigenvalue weighted by Crippen LogP contribution is 2.31. The average Bonchev–Trinajstić information content (AvgIpc) is 2.51. The molecular weight excluding hydrogens is 361 g/mol. The van der Waals surface area contributed by atoms with Crippen molar-refractivity contribution in [2.45, 2.75) is 37.9 Å². The lowest BCUT2D eigenvalue weighted by Gasteiger charge is -2.43. The third kappa shape index (κ3) is 4.72. The van der Waals surface area contributed by atoms with E-state index < -0.39 is 17.8 Å². The van der Waals surface area contributed by atoms with Crippen molar-refractivity contribution < 1.29 is 19.1 Å². The number of hydrogen-bond acceptors (Lipinski definition) is 4. The van der Waals surface area contributed by atoms with Crippen LogP contribution < -0.4 is 5.32 Å². The van der Waals surface area contributed by atoms with Gasteiger partial charge in [-0.2, -0.15) is 0 Å². The lowest BCUT2D eigenvalue weighted by atomic mass is 9.85. The van der Waals surface area contributed by atoms with Gasteiger partial charge in [0.25, 0.3) is 0 Å². The second kappa shape index (κ2) is 8.79. The third-order valence-electron chi connectivity index (χ3n) is 4.76. The van der Waals surface area contributed by atoms with E-state index in [0.717, 1.165) is 0 Å². The quantitative estimate of drug-likeness (QED) is 0.717. The number of carboxylic acid groups (broad SMARTS) is 1. The van der Waals surface area contributed by atoms with Crippen molar-refractivity contribution in [1.82, 2.24) is 15.1 Å². The van der Waals surface area contributed by atoms with Crippen molar-refractivity contribution in [2.75, 3.05) is 27.2 Å². The van der Waals surface area contributed by atoms with Gasteiger partial charge in [0, 0.05) is 22.7 Å². The first kappa shape index (κ1) is 20.6. The number of nitrogens with one attached hydrogen (secondary N) is 1. The Kier molecular flexibility index (Phi) is 6.97. The van der Waals surface area contributed by atoms with Crippen LogP contribution in [0.3, 0.4) is 0 Å². The number of hydrogen-bond donors (Lipinski definition) is 2. The summed E-state index contributed by atoms with van der Waals surface area (Å²) in [5.41, 5.74) is 0.161. The Morgan fingerprint density at radius 1 is 1.38 bits per heavy atom. The minimum absolute atomic E-state index is 0.00695. The van der Waals surface area contributed by atoms with Crippen molar-refractivity contribution >= 4 is 23.5 Å². The van der Waals surface area contributed by atoms with Crippen molar-refractivity contribution in [3.63, 3.8) is 0 Å². The molecule has 0 spiro atoms. The number of rotatable bonds is 8. The molecule has 0 aromatic heterocycles. The smallest absolute Gasteiger partial charge is 0.317 e. The summed E-state index contributed by atoms with van der Waals surface area (Å²) in [6.45, 7) is 2.55. The van der Waals surface area contributed by atoms with Gasteiger partial charge < -0.3 is 10.4 Å². The summed E-state index contributed by atoms with van der Waals surface area (Å²) in [5, 5.41) is 12.1. The summed E-state index contributed by atoms with van der Waals surface area (Å²) >= 11 is 6.12. The van der Waals surface area contributed by atoms with Crippen molar-refractivity contribution in [3.8, 4) is 0 Å². The van der Waals surface area contributed by atoms with Crippen LogP contribution in [0.15, 0.2) is 18.2 Å². The van der Waals surface area contributed by atoms with E-state index in [1.54, 1.807) is 25.1 Å². The first-order chi connectivity index (χ1) is 12.2. The molecule has 2 N–H and O–H groups in total. The van der Waals surface area contributed by atoms with Crippen LogP contribution in [0.5, 0.6) is 0 Å². The number of carbonyl (C=O) groups is 2. The molecule has 1 aliphatic rings. The summed E-state index contributed by atoms with van der Waals surface area (Å²) < 4.78 is 14.2. The summed E-state index contributed by atoms with van der Waals surface area (Å²) in [6, 6.07) is 3.61. The van der Waals surface area contributed by atoms with Gasteiger partial charge in [-0.3, -0.25) is 19.4 Å². The van der Waals surface area contributed by atoms with Crippen LogP contribution in [0.1, 0.15) is 31.4 Å². The maximum Gasteiger partial charge on any atom is 0.317 e. The highest BCUT2D eigenvalue weighted by Gasteiger charge is 2.37. The minimum Gasteiger partial charge on any atom is -0.480 e. The summed E-state index contributed by atoms with van der Waals surface area (Å²) in [5.74, 6) is -1.69. The van der Waals surface area contributed by atoms with Gasteiger partial charge in [0.15, 0.2) is 0 Å². The molecule has 0 heterocycles. The summed E-state index contributed by atoms with van der Waals surface area (Å²) in [7, 11) is 3.39. The average molecular weight is 386 g/mol. The van der Waals surface area contributed by atoms with Gasteiger partial charge in [0.1, 0.15) is 11.9 Å². The normalized spacial score (nSPS) is 20.7. The van der Waals surface area contributed by atoms with Crippen LogP contribution in [0, 0.1) is 5.82 Å². The van der Waals surface area contributed by atoms with Crippen LogP contribution in [-0.2, 0) is 9.59 Å². The Morgan fingerprint density at radius 2 is 2.04 bits per heavy atom. The number of amides is 1. The fourth-order valence-electron chi connectivity index (χ4n) is 3.35. The number of carboxylic acids is 1. The summed E-state index contributed by atoms with van der Waals surface area (Å²) in [6.07, 6.45) is 1.36. The van der Waals surface area contributed by atoms with Crippen molar-refractivity contribution in [2.24, 2.45) is 0 Å². The number of benzene rings is 1. The Bertz CT molecular complexity index is 645. The predicted molar refractivity (Wildman–Crippen MR) is 97.7 cm³/mol. The predicted octanol–water partition coefficient (Wildman–Crippen LogP) is 2.14. The molecule has 1 aromatic rings. The molecule has 0 aliphatic heterocycles. The molecule has 1 atom stereocenters. The van der Waals surface area contributed by atoms with Crippen LogP contribution in [0.4, 0.5) is 4.39 Å². The van der Waals surface area contributed by atoms with Gasteiger partial charge in [-0.1, -0.05) is 24.6 Å². The molecule has 144 valence electrons. The van der Waals surface area contributed by atoms with Crippen molar-refractivity contribution in [3.05, 3.63) is 34.6 Å². The number of likely N-dealkylation sites (N-methyl/N-ethyl adjacent to an activating group) is 2. The fraction of sp³-hybridized carbons (Fsp3) is 0.556. The molecule has 0 saturated heterocycles. The number of aliphatic carboxylic acids is 1. The van der Waals surface area contributed by atoms with Gasteiger partial charge in [-0.15, -0.1) is 0 Å². The molecular formula is C18H25ClFN3O3. The number of halogens is 2. The Morgan fingerprint density at radius 3 is 2.54 bits per heavy atom. The van der Waals surface area contributed by atoms with E-state index in [4.69, 9.17) is 16.7 Å². The molecule has 1 aliphatic carbocycles. The standard InChI is InChI=1S/C18H25ClFN3O3/c1-4-23(10-15(24)25)12-8-11(9-12)21-18(26)17(22(2)3)16-13(19)6-5-7-14(16)20/h5-7,11-12,17H,4,8-10H2,1-3H3,(H,21,26)(H,24,25). The third-order valence-corrected chi connectivity index (χ3v) is 5.09. The molecule has 6 nitrogen and oxygen atoms in total. The summed E-state index contributed by atoms with van der Waals surface area (Å²) in [4.78, 5) is 27.1. The van der Waals surface area contributed by atoms with Crippen LogP contribution in [0.25, 0.3) is 0 Å². The first-order valence-corrected chi connectivity index (χ1v) is 8.98. The Labute approximate surface area is 157 Å². The SMILES string of the molecule is CCN(CC(=O)O)C1CC(NC(=O)C(c2c(F)cccc2Cl)N(C)C)C1. The zero-order valence-corrected chi connectivity index (χ0v) is 16.0. The topological polar surface area (TPSA) is 72.9 Å². The van der Waals surface area contributed by atoms with Crippen LogP contribution >= 0.6 is 11.6 Å². The molecule has 8 heteroatoms. The molecule has 0 bridgehead atoms. The van der Waals surface area contributed by atoms with Crippen molar-refractivity contribution in [1.29, 1.82) is 0 Å². The van der Waals surface area contributed by atoms with E-state index in [0.29, 0.717) is 19.4 Å². The second-order valence-electron chi connectivity index (χ2n) is 6.79. The lowest BCUT2D eigenvalue weighted by Crippen LogP contribution is -2.56. The van der Waals surface area contributed by atoms with E-state index in [1.165, 1.54) is 12.1 Å².